The zero-order valence-corrected chi connectivity index (χ0v) is 17.1. The summed E-state index contributed by atoms with van der Waals surface area (Å²) in [5.74, 6) is 0.576. The summed E-state index contributed by atoms with van der Waals surface area (Å²) in [5.41, 5.74) is 9.04. The molecule has 4 nitrogen and oxygen atoms in total. The second-order valence-electron chi connectivity index (χ2n) is 7.21. The van der Waals surface area contributed by atoms with Crippen molar-refractivity contribution >= 4 is 12.1 Å². The Morgan fingerprint density at radius 1 is 0.966 bits per heavy atom. The standard InChI is InChI=1S/C25H26N2O2/c1-18-8-11-21(12-9-18)17-29-24-7-5-4-6-23(24)16-26-27-25(28)15-22-13-10-19(2)14-20(22)3/h4-14,16H,15,17H2,1-3H3,(H,27,28)/b26-16+. The van der Waals surface area contributed by atoms with Crippen LogP contribution in [0.5, 0.6) is 5.75 Å². The Hall–Kier alpha value is -3.40. The van der Waals surface area contributed by atoms with Crippen LogP contribution in [0.25, 0.3) is 0 Å². The van der Waals surface area contributed by atoms with Gasteiger partial charge >= 0.3 is 0 Å². The molecule has 0 fully saturated rings. The first-order valence-electron chi connectivity index (χ1n) is 9.66. The number of amides is 1. The van der Waals surface area contributed by atoms with Gasteiger partial charge in [-0.15, -0.1) is 0 Å². The molecule has 0 saturated heterocycles. The minimum Gasteiger partial charge on any atom is -0.488 e. The maximum absolute atomic E-state index is 12.2. The molecule has 1 N–H and O–H groups in total. The highest BCUT2D eigenvalue weighted by Crippen LogP contribution is 2.18. The van der Waals surface area contributed by atoms with Gasteiger partial charge in [0.15, 0.2) is 0 Å². The summed E-state index contributed by atoms with van der Waals surface area (Å²) in [6.45, 7) is 6.59. The van der Waals surface area contributed by atoms with Gasteiger partial charge in [0.05, 0.1) is 12.6 Å². The quantitative estimate of drug-likeness (QED) is 0.465. The van der Waals surface area contributed by atoms with Crippen molar-refractivity contribution < 1.29 is 9.53 Å². The summed E-state index contributed by atoms with van der Waals surface area (Å²) in [5, 5.41) is 4.11. The molecule has 3 aromatic rings. The average Bonchev–Trinajstić information content (AvgIpc) is 2.70. The summed E-state index contributed by atoms with van der Waals surface area (Å²) in [6.07, 6.45) is 1.92. The third kappa shape index (κ3) is 6.04. The predicted molar refractivity (Wildman–Crippen MR) is 117 cm³/mol. The van der Waals surface area contributed by atoms with Crippen LogP contribution < -0.4 is 10.2 Å². The van der Waals surface area contributed by atoms with E-state index in [9.17, 15) is 4.79 Å². The number of rotatable bonds is 7. The number of benzene rings is 3. The lowest BCUT2D eigenvalue weighted by Crippen LogP contribution is -2.20. The molecule has 0 bridgehead atoms. The topological polar surface area (TPSA) is 50.7 Å². The lowest BCUT2D eigenvalue weighted by Gasteiger charge is -2.09. The molecule has 0 aliphatic rings. The first kappa shape index (κ1) is 20.3. The SMILES string of the molecule is Cc1ccc(COc2ccccc2/C=N/NC(=O)Cc2ccc(C)cc2C)cc1. The summed E-state index contributed by atoms with van der Waals surface area (Å²) in [6, 6.07) is 22.0. The van der Waals surface area contributed by atoms with Gasteiger partial charge in [0.2, 0.25) is 5.91 Å². The number of aryl methyl sites for hydroxylation is 3. The molecule has 0 aliphatic heterocycles. The van der Waals surface area contributed by atoms with E-state index < -0.39 is 0 Å². The number of hydrogen-bond donors (Lipinski definition) is 1. The van der Waals surface area contributed by atoms with Gasteiger partial charge in [0.25, 0.3) is 0 Å². The number of para-hydroxylation sites is 1. The summed E-state index contributed by atoms with van der Waals surface area (Å²) in [4.78, 5) is 12.2. The largest absolute Gasteiger partial charge is 0.488 e. The molecule has 3 rings (SSSR count). The molecule has 0 atom stereocenters. The molecule has 0 saturated carbocycles. The monoisotopic (exact) mass is 386 g/mol. The highest BCUT2D eigenvalue weighted by molar-refractivity contribution is 5.85. The fourth-order valence-corrected chi connectivity index (χ4v) is 2.99. The van der Waals surface area contributed by atoms with Gasteiger partial charge in [-0.25, -0.2) is 5.43 Å². The highest BCUT2D eigenvalue weighted by atomic mass is 16.5. The van der Waals surface area contributed by atoms with Gasteiger partial charge in [0.1, 0.15) is 12.4 Å². The minimum absolute atomic E-state index is 0.147. The molecule has 29 heavy (non-hydrogen) atoms. The molecule has 4 heteroatoms. The van der Waals surface area contributed by atoms with E-state index in [-0.39, 0.29) is 5.91 Å². The van der Waals surface area contributed by atoms with Crippen molar-refractivity contribution in [2.75, 3.05) is 0 Å². The maximum Gasteiger partial charge on any atom is 0.244 e. The third-order valence-corrected chi connectivity index (χ3v) is 4.68. The number of hydrazone groups is 1. The molecule has 0 aliphatic carbocycles. The Bertz CT molecular complexity index is 1010. The van der Waals surface area contributed by atoms with E-state index in [1.807, 2.05) is 50.2 Å². The zero-order chi connectivity index (χ0) is 20.6. The number of nitrogens with one attached hydrogen (secondary N) is 1. The van der Waals surface area contributed by atoms with Crippen LogP contribution in [-0.2, 0) is 17.8 Å². The van der Waals surface area contributed by atoms with E-state index in [2.05, 4.69) is 47.8 Å². The number of nitrogens with zero attached hydrogens (tertiary/aromatic N) is 1. The van der Waals surface area contributed by atoms with E-state index in [1.54, 1.807) is 6.21 Å². The van der Waals surface area contributed by atoms with Crippen molar-refractivity contribution in [1.29, 1.82) is 0 Å². The Kier molecular flexibility index (Phi) is 6.80. The number of hydrogen-bond acceptors (Lipinski definition) is 3. The van der Waals surface area contributed by atoms with Gasteiger partial charge in [-0.05, 0) is 49.6 Å². The van der Waals surface area contributed by atoms with E-state index >= 15 is 0 Å². The van der Waals surface area contributed by atoms with Crippen molar-refractivity contribution in [3.05, 3.63) is 100 Å². The molecule has 0 unspecified atom stereocenters. The Morgan fingerprint density at radius 2 is 1.69 bits per heavy atom. The van der Waals surface area contributed by atoms with Crippen LogP contribution in [0.2, 0.25) is 0 Å². The molecule has 148 valence electrons. The van der Waals surface area contributed by atoms with Crippen molar-refractivity contribution in [2.45, 2.75) is 33.8 Å². The van der Waals surface area contributed by atoms with Crippen LogP contribution in [0.4, 0.5) is 0 Å². The van der Waals surface area contributed by atoms with Gasteiger partial charge < -0.3 is 4.74 Å². The second-order valence-corrected chi connectivity index (χ2v) is 7.21. The molecule has 0 radical (unpaired) electrons. The summed E-state index contributed by atoms with van der Waals surface area (Å²) >= 11 is 0. The minimum atomic E-state index is -0.147. The Morgan fingerprint density at radius 3 is 2.45 bits per heavy atom. The van der Waals surface area contributed by atoms with Crippen LogP contribution in [0.3, 0.4) is 0 Å². The van der Waals surface area contributed by atoms with Crippen LogP contribution in [0, 0.1) is 20.8 Å². The molecule has 1 amide bonds. The lowest BCUT2D eigenvalue weighted by molar-refractivity contribution is -0.120. The van der Waals surface area contributed by atoms with Gasteiger partial charge in [0, 0.05) is 5.56 Å². The van der Waals surface area contributed by atoms with Crippen LogP contribution in [0.1, 0.15) is 33.4 Å². The van der Waals surface area contributed by atoms with Crippen LogP contribution in [0.15, 0.2) is 71.8 Å². The van der Waals surface area contributed by atoms with Crippen molar-refractivity contribution in [3.63, 3.8) is 0 Å². The number of ether oxygens (including phenoxy) is 1. The number of carbonyl (C=O) groups excluding carboxylic acids is 1. The first-order valence-corrected chi connectivity index (χ1v) is 9.66. The van der Waals surface area contributed by atoms with Crippen LogP contribution >= 0.6 is 0 Å². The van der Waals surface area contributed by atoms with Gasteiger partial charge in [-0.2, -0.15) is 5.10 Å². The summed E-state index contributed by atoms with van der Waals surface area (Å²) in [7, 11) is 0. The lowest BCUT2D eigenvalue weighted by atomic mass is 10.0. The van der Waals surface area contributed by atoms with Gasteiger partial charge in [-0.1, -0.05) is 65.7 Å². The molecule has 0 heterocycles. The molecule has 3 aromatic carbocycles. The maximum atomic E-state index is 12.2. The molecule has 0 aromatic heterocycles. The third-order valence-electron chi connectivity index (χ3n) is 4.68. The first-order chi connectivity index (χ1) is 14.0. The van der Waals surface area contributed by atoms with Crippen molar-refractivity contribution in [2.24, 2.45) is 5.10 Å². The normalized spacial score (nSPS) is 10.9. The average molecular weight is 386 g/mol. The Balaban J connectivity index is 1.58. The second kappa shape index (κ2) is 9.69. The van der Waals surface area contributed by atoms with Crippen molar-refractivity contribution in [1.82, 2.24) is 5.43 Å². The number of carbonyl (C=O) groups is 1. The fourth-order valence-electron chi connectivity index (χ4n) is 2.99. The Labute approximate surface area is 172 Å². The molecule has 0 spiro atoms. The summed E-state index contributed by atoms with van der Waals surface area (Å²) < 4.78 is 5.94. The van der Waals surface area contributed by atoms with E-state index in [0.29, 0.717) is 13.0 Å². The smallest absolute Gasteiger partial charge is 0.244 e. The van der Waals surface area contributed by atoms with E-state index in [4.69, 9.17) is 4.74 Å². The van der Waals surface area contributed by atoms with Crippen LogP contribution in [-0.4, -0.2) is 12.1 Å². The van der Waals surface area contributed by atoms with Crippen molar-refractivity contribution in [3.8, 4) is 5.75 Å². The zero-order valence-electron chi connectivity index (χ0n) is 17.1. The fraction of sp³-hybridized carbons (Fsp3) is 0.200. The predicted octanol–water partition coefficient (Wildman–Crippen LogP) is 4.88. The van der Waals surface area contributed by atoms with Gasteiger partial charge in [-0.3, -0.25) is 4.79 Å². The molecular formula is C25H26N2O2. The highest BCUT2D eigenvalue weighted by Gasteiger charge is 2.06. The molecular weight excluding hydrogens is 360 g/mol. The van der Waals surface area contributed by atoms with E-state index in [1.165, 1.54) is 11.1 Å². The van der Waals surface area contributed by atoms with E-state index in [0.717, 1.165) is 28.0 Å².